The van der Waals surface area contributed by atoms with E-state index in [1.807, 2.05) is 43.3 Å². The van der Waals surface area contributed by atoms with Crippen LogP contribution in [0.4, 0.5) is 5.69 Å². The Hall–Kier alpha value is -2.61. The lowest BCUT2D eigenvalue weighted by Gasteiger charge is -2.42. The van der Waals surface area contributed by atoms with Crippen molar-refractivity contribution in [1.82, 2.24) is 0 Å². The van der Waals surface area contributed by atoms with Crippen molar-refractivity contribution in [2.45, 2.75) is 18.9 Å². The molecule has 0 saturated carbocycles. The summed E-state index contributed by atoms with van der Waals surface area (Å²) in [6, 6.07) is 18.5. The highest BCUT2D eigenvalue weighted by molar-refractivity contribution is 6.00. The molecule has 0 saturated heterocycles. The first-order valence-electron chi connectivity index (χ1n) is 7.59. The third-order valence-corrected chi connectivity index (χ3v) is 4.51. The molecule has 2 unspecified atom stereocenters. The van der Waals surface area contributed by atoms with Crippen LogP contribution in [-0.2, 0) is 4.79 Å². The summed E-state index contributed by atoms with van der Waals surface area (Å²) in [5.41, 5.74) is 4.47. The predicted octanol–water partition coefficient (Wildman–Crippen LogP) is 4.16. The fourth-order valence-electron chi connectivity index (χ4n) is 3.54. The van der Waals surface area contributed by atoms with E-state index in [4.69, 9.17) is 0 Å². The summed E-state index contributed by atoms with van der Waals surface area (Å²) in [6.45, 7) is 2.02. The summed E-state index contributed by atoms with van der Waals surface area (Å²) in [4.78, 5) is 14.9. The molecule has 108 valence electrons. The zero-order valence-corrected chi connectivity index (χ0v) is 12.4. The molecule has 0 fully saturated rings. The topological polar surface area (TPSA) is 20.3 Å². The molecule has 2 heterocycles. The molecule has 0 spiro atoms. The van der Waals surface area contributed by atoms with Crippen molar-refractivity contribution in [3.05, 3.63) is 83.6 Å². The quantitative estimate of drug-likeness (QED) is 0.785. The highest BCUT2D eigenvalue weighted by Gasteiger charge is 2.38. The number of carbonyl (C=O) groups is 1. The number of allylic oxidation sites excluding steroid dienone is 2. The maximum Gasteiger partial charge on any atom is 0.167 e. The van der Waals surface area contributed by atoms with Crippen molar-refractivity contribution >= 4 is 17.5 Å². The zero-order chi connectivity index (χ0) is 15.1. The first-order valence-corrected chi connectivity index (χ1v) is 7.59. The van der Waals surface area contributed by atoms with Gasteiger partial charge in [0, 0.05) is 17.5 Å². The summed E-state index contributed by atoms with van der Waals surface area (Å²) in [6.07, 6.45) is 6.08. The average Bonchev–Trinajstić information content (AvgIpc) is 2.55. The number of carbonyl (C=O) groups excluding carboxylic acids is 1. The van der Waals surface area contributed by atoms with Crippen LogP contribution in [0.2, 0.25) is 0 Å². The monoisotopic (exact) mass is 287 g/mol. The number of fused-ring (bicyclic) bond motifs is 3. The second kappa shape index (κ2) is 4.99. The van der Waals surface area contributed by atoms with Gasteiger partial charge in [0.25, 0.3) is 0 Å². The Balaban J connectivity index is 1.87. The van der Waals surface area contributed by atoms with Gasteiger partial charge in [0.1, 0.15) is 0 Å². The summed E-state index contributed by atoms with van der Waals surface area (Å²) < 4.78 is 0. The Morgan fingerprint density at radius 2 is 1.68 bits per heavy atom. The Morgan fingerprint density at radius 1 is 0.955 bits per heavy atom. The molecule has 0 N–H and O–H groups in total. The molecule has 2 aromatic rings. The van der Waals surface area contributed by atoms with Crippen LogP contribution in [0.5, 0.6) is 0 Å². The van der Waals surface area contributed by atoms with Gasteiger partial charge in [-0.1, -0.05) is 60.7 Å². The van der Waals surface area contributed by atoms with Crippen LogP contribution in [0.1, 0.15) is 24.0 Å². The Morgan fingerprint density at radius 3 is 2.50 bits per heavy atom. The van der Waals surface area contributed by atoms with Gasteiger partial charge < -0.3 is 4.90 Å². The van der Waals surface area contributed by atoms with E-state index in [9.17, 15) is 4.79 Å². The van der Waals surface area contributed by atoms with E-state index in [0.29, 0.717) is 0 Å². The lowest BCUT2D eigenvalue weighted by Crippen LogP contribution is -2.45. The summed E-state index contributed by atoms with van der Waals surface area (Å²) in [5.74, 6) is 0.0449. The second-order valence-corrected chi connectivity index (χ2v) is 5.85. The van der Waals surface area contributed by atoms with Gasteiger partial charge in [0.2, 0.25) is 0 Å². The maximum absolute atomic E-state index is 12.6. The number of hydrogen-bond acceptors (Lipinski definition) is 2. The standard InChI is InChI=1S/C20H17NO/c1-14-13-19(22)20(16-8-3-2-4-9-16)18-12-11-15-7-5-6-10-17(15)21(14)18/h2-13,18,20H,1H3. The third-order valence-electron chi connectivity index (χ3n) is 4.51. The van der Waals surface area contributed by atoms with Crippen molar-refractivity contribution < 1.29 is 4.79 Å². The molecule has 0 radical (unpaired) electrons. The zero-order valence-electron chi connectivity index (χ0n) is 12.4. The van der Waals surface area contributed by atoms with E-state index in [1.54, 1.807) is 6.08 Å². The minimum atomic E-state index is -0.144. The molecule has 4 rings (SSSR count). The number of anilines is 1. The van der Waals surface area contributed by atoms with Crippen molar-refractivity contribution in [3.8, 4) is 0 Å². The Kier molecular flexibility index (Phi) is 2.97. The van der Waals surface area contributed by atoms with Crippen molar-refractivity contribution in [2.75, 3.05) is 4.90 Å². The number of benzene rings is 2. The minimum absolute atomic E-state index is 0.0507. The first kappa shape index (κ1) is 13.1. The lowest BCUT2D eigenvalue weighted by molar-refractivity contribution is -0.116. The number of ketones is 1. The van der Waals surface area contributed by atoms with Crippen LogP contribution in [-0.4, -0.2) is 11.8 Å². The highest BCUT2D eigenvalue weighted by Crippen LogP contribution is 2.40. The van der Waals surface area contributed by atoms with E-state index in [-0.39, 0.29) is 17.7 Å². The second-order valence-electron chi connectivity index (χ2n) is 5.85. The third kappa shape index (κ3) is 1.92. The molecule has 2 nitrogen and oxygen atoms in total. The van der Waals surface area contributed by atoms with Crippen LogP contribution in [0, 0.1) is 0 Å². The van der Waals surface area contributed by atoms with E-state index < -0.39 is 0 Å². The predicted molar refractivity (Wildman–Crippen MR) is 89.7 cm³/mol. The molecule has 0 aliphatic carbocycles. The van der Waals surface area contributed by atoms with Crippen LogP contribution < -0.4 is 4.90 Å². The molecule has 22 heavy (non-hydrogen) atoms. The molecular formula is C20H17NO. The largest absolute Gasteiger partial charge is 0.337 e. The number of para-hydroxylation sites is 1. The molecule has 2 heteroatoms. The molecule has 0 aromatic heterocycles. The normalized spacial score (nSPS) is 22.9. The molecule has 2 atom stereocenters. The molecule has 0 amide bonds. The Labute approximate surface area is 130 Å². The van der Waals surface area contributed by atoms with E-state index >= 15 is 0 Å². The lowest BCUT2D eigenvalue weighted by atomic mass is 9.81. The van der Waals surface area contributed by atoms with Gasteiger partial charge in [-0.15, -0.1) is 0 Å². The highest BCUT2D eigenvalue weighted by atomic mass is 16.1. The molecule has 2 aliphatic rings. The van der Waals surface area contributed by atoms with Gasteiger partial charge in [0.05, 0.1) is 12.0 Å². The fourth-order valence-corrected chi connectivity index (χ4v) is 3.54. The van der Waals surface area contributed by atoms with E-state index in [1.165, 1.54) is 11.3 Å². The van der Waals surface area contributed by atoms with Crippen molar-refractivity contribution in [3.63, 3.8) is 0 Å². The van der Waals surface area contributed by atoms with Gasteiger partial charge in [-0.25, -0.2) is 0 Å². The van der Waals surface area contributed by atoms with E-state index in [2.05, 4.69) is 35.3 Å². The minimum Gasteiger partial charge on any atom is -0.337 e. The molecule has 0 bridgehead atoms. The van der Waals surface area contributed by atoms with Crippen LogP contribution in [0.3, 0.4) is 0 Å². The molecular weight excluding hydrogens is 270 g/mol. The van der Waals surface area contributed by atoms with Crippen LogP contribution in [0.15, 0.2) is 72.4 Å². The van der Waals surface area contributed by atoms with Gasteiger partial charge >= 0.3 is 0 Å². The Bertz CT molecular complexity index is 788. The molecule has 2 aromatic carbocycles. The number of nitrogens with zero attached hydrogens (tertiary/aromatic N) is 1. The van der Waals surface area contributed by atoms with E-state index in [0.717, 1.165) is 11.3 Å². The fraction of sp³-hybridized carbons (Fsp3) is 0.150. The number of hydrogen-bond donors (Lipinski definition) is 0. The van der Waals surface area contributed by atoms with Gasteiger partial charge in [-0.2, -0.15) is 0 Å². The summed E-state index contributed by atoms with van der Waals surface area (Å²) in [5, 5.41) is 0. The van der Waals surface area contributed by atoms with Crippen molar-refractivity contribution in [1.29, 1.82) is 0 Å². The summed E-state index contributed by atoms with van der Waals surface area (Å²) >= 11 is 0. The van der Waals surface area contributed by atoms with Crippen molar-refractivity contribution in [2.24, 2.45) is 0 Å². The number of rotatable bonds is 1. The van der Waals surface area contributed by atoms with Gasteiger partial charge in [-0.05, 0) is 24.1 Å². The molecule has 2 aliphatic heterocycles. The SMILES string of the molecule is CC1=CC(=O)C(c2ccccc2)C2C=Cc3ccccc3N12. The maximum atomic E-state index is 12.6. The van der Waals surface area contributed by atoms with Gasteiger partial charge in [0.15, 0.2) is 5.78 Å². The summed E-state index contributed by atoms with van der Waals surface area (Å²) in [7, 11) is 0. The van der Waals surface area contributed by atoms with Crippen LogP contribution in [0.25, 0.3) is 6.08 Å². The first-order chi connectivity index (χ1) is 10.8. The van der Waals surface area contributed by atoms with Crippen LogP contribution >= 0.6 is 0 Å². The smallest absolute Gasteiger partial charge is 0.167 e. The average molecular weight is 287 g/mol. The van der Waals surface area contributed by atoms with Gasteiger partial charge in [-0.3, -0.25) is 4.79 Å².